The summed E-state index contributed by atoms with van der Waals surface area (Å²) in [4.78, 5) is 46.6. The second-order valence-corrected chi connectivity index (χ2v) is 8.64. The minimum Gasteiger partial charge on any atom is -0.469 e. The fraction of sp³-hybridized carbons (Fsp3) is 0.500. The Morgan fingerprint density at radius 1 is 1.25 bits per heavy atom. The van der Waals surface area contributed by atoms with Gasteiger partial charge in [0.05, 0.1) is 11.8 Å². The molecule has 0 unspecified atom stereocenters. The average molecular weight is 439 g/mol. The standard InChI is InChI=1S/C24H30N4O4/c1-3-11-24(18-7-13-27(14-8-18)21(29)20-10-16-32-17(20)2)22(30)28(23(31)26-24)15-9-19-6-4-5-12-25-19/h4-6,10,12,16,18H,3,7-9,11,13-15H2,1-2H3,(H,26,31)/t24-/m0/s1. The second kappa shape index (κ2) is 9.14. The quantitative estimate of drug-likeness (QED) is 0.670. The van der Waals surface area contributed by atoms with Crippen molar-refractivity contribution in [3.05, 3.63) is 53.7 Å². The van der Waals surface area contributed by atoms with E-state index in [0.717, 1.165) is 12.1 Å². The molecule has 2 aliphatic rings. The van der Waals surface area contributed by atoms with E-state index in [2.05, 4.69) is 10.3 Å². The SMILES string of the molecule is CCC[C@@]1(C2CCN(C(=O)c3ccoc3C)CC2)NC(=O)N(CCc2ccccn2)C1=O. The lowest BCUT2D eigenvalue weighted by atomic mass is 9.74. The molecule has 0 aliphatic carbocycles. The van der Waals surface area contributed by atoms with Crippen LogP contribution in [-0.2, 0) is 11.2 Å². The Balaban J connectivity index is 1.44. The highest BCUT2D eigenvalue weighted by Crippen LogP contribution is 2.37. The smallest absolute Gasteiger partial charge is 0.325 e. The molecule has 2 aromatic rings. The maximum atomic E-state index is 13.5. The van der Waals surface area contributed by atoms with E-state index >= 15 is 0 Å². The van der Waals surface area contributed by atoms with Crippen molar-refractivity contribution in [1.82, 2.24) is 20.1 Å². The summed E-state index contributed by atoms with van der Waals surface area (Å²) in [7, 11) is 0. The zero-order chi connectivity index (χ0) is 22.7. The lowest BCUT2D eigenvalue weighted by molar-refractivity contribution is -0.134. The van der Waals surface area contributed by atoms with Crippen molar-refractivity contribution in [2.24, 2.45) is 5.92 Å². The third kappa shape index (κ3) is 4.01. The number of likely N-dealkylation sites (tertiary alicyclic amines) is 1. The van der Waals surface area contributed by atoms with Crippen LogP contribution in [0.25, 0.3) is 0 Å². The number of aromatic nitrogens is 1. The summed E-state index contributed by atoms with van der Waals surface area (Å²) in [5, 5.41) is 3.05. The van der Waals surface area contributed by atoms with Gasteiger partial charge in [0.15, 0.2) is 0 Å². The van der Waals surface area contributed by atoms with Gasteiger partial charge in [0.1, 0.15) is 11.3 Å². The lowest BCUT2D eigenvalue weighted by Crippen LogP contribution is -2.56. The molecule has 0 saturated carbocycles. The fourth-order valence-electron chi connectivity index (χ4n) is 5.02. The third-order valence-corrected chi connectivity index (χ3v) is 6.73. The van der Waals surface area contributed by atoms with Crippen molar-refractivity contribution in [3.8, 4) is 0 Å². The van der Waals surface area contributed by atoms with Gasteiger partial charge in [0.25, 0.3) is 11.8 Å². The van der Waals surface area contributed by atoms with Gasteiger partial charge in [-0.2, -0.15) is 0 Å². The summed E-state index contributed by atoms with van der Waals surface area (Å²) in [6.07, 6.45) is 6.48. The number of hydrogen-bond acceptors (Lipinski definition) is 5. The highest BCUT2D eigenvalue weighted by molar-refractivity contribution is 6.07. The van der Waals surface area contributed by atoms with Gasteiger partial charge in [-0.25, -0.2) is 4.79 Å². The molecule has 2 aliphatic heterocycles. The molecule has 4 amide bonds. The van der Waals surface area contributed by atoms with E-state index in [9.17, 15) is 14.4 Å². The van der Waals surface area contributed by atoms with Crippen molar-refractivity contribution in [2.75, 3.05) is 19.6 Å². The van der Waals surface area contributed by atoms with E-state index in [1.165, 1.54) is 11.2 Å². The van der Waals surface area contributed by atoms with E-state index in [0.29, 0.717) is 56.6 Å². The van der Waals surface area contributed by atoms with Gasteiger partial charge in [-0.15, -0.1) is 0 Å². The van der Waals surface area contributed by atoms with E-state index in [1.54, 1.807) is 19.2 Å². The second-order valence-electron chi connectivity index (χ2n) is 8.64. The molecule has 4 rings (SSSR count). The van der Waals surface area contributed by atoms with Crippen LogP contribution in [0.4, 0.5) is 4.79 Å². The summed E-state index contributed by atoms with van der Waals surface area (Å²) in [6.45, 7) is 5.22. The number of carbonyl (C=O) groups is 3. The molecule has 1 atom stereocenters. The number of nitrogens with one attached hydrogen (secondary N) is 1. The highest BCUT2D eigenvalue weighted by Gasteiger charge is 2.55. The van der Waals surface area contributed by atoms with Crippen LogP contribution in [0.5, 0.6) is 0 Å². The van der Waals surface area contributed by atoms with Crippen LogP contribution < -0.4 is 5.32 Å². The van der Waals surface area contributed by atoms with Crippen LogP contribution in [-0.4, -0.2) is 57.8 Å². The number of urea groups is 1. The maximum Gasteiger partial charge on any atom is 0.325 e. The van der Waals surface area contributed by atoms with Crippen LogP contribution in [0.3, 0.4) is 0 Å². The van der Waals surface area contributed by atoms with E-state index in [-0.39, 0.29) is 23.8 Å². The molecule has 0 bridgehead atoms. The monoisotopic (exact) mass is 438 g/mol. The Hall–Kier alpha value is -3.16. The molecule has 4 heterocycles. The lowest BCUT2D eigenvalue weighted by Gasteiger charge is -2.40. The predicted molar refractivity (Wildman–Crippen MR) is 118 cm³/mol. The van der Waals surface area contributed by atoms with Gasteiger partial charge in [-0.3, -0.25) is 19.5 Å². The number of rotatable bonds is 7. The molecule has 2 aromatic heterocycles. The van der Waals surface area contributed by atoms with Gasteiger partial charge < -0.3 is 14.6 Å². The molecular formula is C24H30N4O4. The van der Waals surface area contributed by atoms with Crippen molar-refractivity contribution >= 4 is 17.8 Å². The molecule has 32 heavy (non-hydrogen) atoms. The summed E-state index contributed by atoms with van der Waals surface area (Å²) in [5.41, 5.74) is 0.538. The molecular weight excluding hydrogens is 408 g/mol. The first-order valence-electron chi connectivity index (χ1n) is 11.3. The van der Waals surface area contributed by atoms with Gasteiger partial charge in [0, 0.05) is 37.9 Å². The number of nitrogens with zero attached hydrogens (tertiary/aromatic N) is 3. The molecule has 0 aromatic carbocycles. The molecule has 2 fully saturated rings. The number of furan rings is 1. The van der Waals surface area contributed by atoms with Crippen molar-refractivity contribution in [2.45, 2.75) is 51.5 Å². The van der Waals surface area contributed by atoms with Crippen LogP contribution in [0.15, 0.2) is 41.1 Å². The molecule has 2 saturated heterocycles. The summed E-state index contributed by atoms with van der Waals surface area (Å²) in [6, 6.07) is 7.01. The Labute approximate surface area is 188 Å². The van der Waals surface area contributed by atoms with E-state index < -0.39 is 5.54 Å². The van der Waals surface area contributed by atoms with Gasteiger partial charge in [-0.05, 0) is 50.3 Å². The summed E-state index contributed by atoms with van der Waals surface area (Å²) >= 11 is 0. The van der Waals surface area contributed by atoms with Gasteiger partial charge >= 0.3 is 6.03 Å². The first kappa shape index (κ1) is 22.0. The molecule has 170 valence electrons. The number of piperidine rings is 1. The predicted octanol–water partition coefficient (Wildman–Crippen LogP) is 3.17. The van der Waals surface area contributed by atoms with Crippen LogP contribution in [0.2, 0.25) is 0 Å². The Bertz CT molecular complexity index is 981. The number of amides is 4. The van der Waals surface area contributed by atoms with Crippen molar-refractivity contribution < 1.29 is 18.8 Å². The molecule has 8 heteroatoms. The first-order valence-corrected chi connectivity index (χ1v) is 11.3. The minimum absolute atomic E-state index is 0.00625. The maximum absolute atomic E-state index is 13.5. The third-order valence-electron chi connectivity index (χ3n) is 6.73. The van der Waals surface area contributed by atoms with E-state index in [4.69, 9.17) is 4.42 Å². The normalized spacial score (nSPS) is 21.8. The summed E-state index contributed by atoms with van der Waals surface area (Å²) < 4.78 is 5.27. The largest absolute Gasteiger partial charge is 0.469 e. The molecule has 0 spiro atoms. The number of pyridine rings is 1. The number of hydrogen-bond donors (Lipinski definition) is 1. The first-order chi connectivity index (χ1) is 15.5. The van der Waals surface area contributed by atoms with E-state index in [1.807, 2.05) is 30.0 Å². The average Bonchev–Trinajstić information content (AvgIpc) is 3.34. The van der Waals surface area contributed by atoms with Crippen LogP contribution in [0.1, 0.15) is 54.4 Å². The van der Waals surface area contributed by atoms with Crippen LogP contribution in [0, 0.1) is 12.8 Å². The molecule has 0 radical (unpaired) electrons. The number of carbonyl (C=O) groups excluding carboxylic acids is 3. The Morgan fingerprint density at radius 2 is 2.03 bits per heavy atom. The van der Waals surface area contributed by atoms with Crippen LogP contribution >= 0.6 is 0 Å². The summed E-state index contributed by atoms with van der Waals surface area (Å²) in [5.74, 6) is 0.420. The Kier molecular flexibility index (Phi) is 6.30. The fourth-order valence-corrected chi connectivity index (χ4v) is 5.02. The molecule has 8 nitrogen and oxygen atoms in total. The topological polar surface area (TPSA) is 95.8 Å². The zero-order valence-electron chi connectivity index (χ0n) is 18.7. The van der Waals surface area contributed by atoms with Gasteiger partial charge in [0.2, 0.25) is 0 Å². The Morgan fingerprint density at radius 3 is 2.66 bits per heavy atom. The van der Waals surface area contributed by atoms with Gasteiger partial charge in [-0.1, -0.05) is 19.4 Å². The van der Waals surface area contributed by atoms with Crippen molar-refractivity contribution in [3.63, 3.8) is 0 Å². The highest BCUT2D eigenvalue weighted by atomic mass is 16.3. The van der Waals surface area contributed by atoms with Crippen molar-refractivity contribution in [1.29, 1.82) is 0 Å². The molecule has 1 N–H and O–H groups in total. The number of aryl methyl sites for hydroxylation is 1. The zero-order valence-corrected chi connectivity index (χ0v) is 18.7. The minimum atomic E-state index is -0.892. The number of imide groups is 1.